The zero-order chi connectivity index (χ0) is 24.1. The number of esters is 1. The van der Waals surface area contributed by atoms with Crippen molar-refractivity contribution >= 4 is 34.2 Å². The lowest BCUT2D eigenvalue weighted by Gasteiger charge is -2.24. The average Bonchev–Trinajstić information content (AvgIpc) is 3.09. The second kappa shape index (κ2) is 10.8. The Labute approximate surface area is 198 Å². The van der Waals surface area contributed by atoms with E-state index in [0.717, 1.165) is 22.4 Å². The number of benzene rings is 1. The van der Waals surface area contributed by atoms with E-state index in [-0.39, 0.29) is 6.61 Å². The van der Waals surface area contributed by atoms with Gasteiger partial charge in [0.15, 0.2) is 0 Å². The molecular formula is C26H31NO5S. The number of aliphatic carboxylic acids is 1. The smallest absolute Gasteiger partial charge is 0.341 e. The first-order valence-electron chi connectivity index (χ1n) is 11.3. The maximum atomic E-state index is 13.1. The maximum Gasteiger partial charge on any atom is 0.341 e. The van der Waals surface area contributed by atoms with Crippen molar-refractivity contribution in [1.29, 1.82) is 0 Å². The van der Waals surface area contributed by atoms with Crippen molar-refractivity contribution in [2.45, 2.75) is 47.0 Å². The highest BCUT2D eigenvalue weighted by molar-refractivity contribution is 7.17. The fourth-order valence-electron chi connectivity index (χ4n) is 4.24. The average molecular weight is 470 g/mol. The Morgan fingerprint density at radius 2 is 1.76 bits per heavy atom. The minimum atomic E-state index is -0.991. The largest absolute Gasteiger partial charge is 0.481 e. The number of allylic oxidation sites excluding steroid dienone is 2. The predicted molar refractivity (Wildman–Crippen MR) is 131 cm³/mol. The van der Waals surface area contributed by atoms with Gasteiger partial charge in [-0.3, -0.25) is 9.59 Å². The molecule has 1 amide bonds. The number of amides is 1. The molecule has 6 nitrogen and oxygen atoms in total. The molecule has 0 aliphatic heterocycles. The van der Waals surface area contributed by atoms with E-state index in [1.807, 2.05) is 25.1 Å². The molecule has 2 aromatic rings. The lowest BCUT2D eigenvalue weighted by molar-refractivity contribution is -0.146. The Balaban J connectivity index is 1.97. The number of hydrogen-bond donors (Lipinski definition) is 2. The van der Waals surface area contributed by atoms with Gasteiger partial charge in [-0.15, -0.1) is 11.3 Å². The molecule has 176 valence electrons. The fourth-order valence-corrected chi connectivity index (χ4v) is 5.31. The van der Waals surface area contributed by atoms with Gasteiger partial charge in [-0.1, -0.05) is 50.3 Å². The summed E-state index contributed by atoms with van der Waals surface area (Å²) in [6, 6.07) is 8.11. The highest BCUT2D eigenvalue weighted by atomic mass is 32.1. The molecule has 33 heavy (non-hydrogen) atoms. The summed E-state index contributed by atoms with van der Waals surface area (Å²) in [5.74, 6) is -2.82. The van der Waals surface area contributed by atoms with E-state index in [1.54, 1.807) is 13.0 Å². The van der Waals surface area contributed by atoms with Crippen LogP contribution in [0.25, 0.3) is 11.1 Å². The first-order valence-corrected chi connectivity index (χ1v) is 12.1. The number of rotatable bonds is 8. The molecule has 0 bridgehead atoms. The van der Waals surface area contributed by atoms with Gasteiger partial charge >= 0.3 is 11.9 Å². The Morgan fingerprint density at radius 1 is 1.12 bits per heavy atom. The van der Waals surface area contributed by atoms with Crippen LogP contribution in [0.4, 0.5) is 5.00 Å². The molecule has 0 radical (unpaired) electrons. The van der Waals surface area contributed by atoms with E-state index in [9.17, 15) is 19.5 Å². The first kappa shape index (κ1) is 24.7. The van der Waals surface area contributed by atoms with Gasteiger partial charge in [-0.25, -0.2) is 4.79 Å². The Morgan fingerprint density at radius 3 is 2.33 bits per heavy atom. The van der Waals surface area contributed by atoms with Crippen LogP contribution in [0.5, 0.6) is 0 Å². The Kier molecular flexibility index (Phi) is 8.08. The van der Waals surface area contributed by atoms with Crippen LogP contribution in [-0.4, -0.2) is 29.6 Å². The summed E-state index contributed by atoms with van der Waals surface area (Å²) in [5, 5.41) is 12.8. The molecule has 0 unspecified atom stereocenters. The second-order valence-corrected chi connectivity index (χ2v) is 9.96. The van der Waals surface area contributed by atoms with Gasteiger partial charge in [0, 0.05) is 10.4 Å². The van der Waals surface area contributed by atoms with Gasteiger partial charge in [0.1, 0.15) is 10.6 Å². The third-order valence-electron chi connectivity index (χ3n) is 5.77. The third-order valence-corrected chi connectivity index (χ3v) is 6.79. The molecule has 3 rings (SSSR count). The van der Waals surface area contributed by atoms with Crippen LogP contribution in [0.2, 0.25) is 0 Å². The van der Waals surface area contributed by atoms with Crippen LogP contribution in [0, 0.1) is 24.7 Å². The minimum absolute atomic E-state index is 0.211. The van der Waals surface area contributed by atoms with E-state index in [4.69, 9.17) is 4.74 Å². The maximum absolute atomic E-state index is 13.1. The van der Waals surface area contributed by atoms with Crippen LogP contribution in [0.1, 0.15) is 54.4 Å². The molecule has 2 atom stereocenters. The van der Waals surface area contributed by atoms with Gasteiger partial charge in [0.05, 0.1) is 18.4 Å². The number of carboxylic acid groups (broad SMARTS) is 1. The lowest BCUT2D eigenvalue weighted by Crippen LogP contribution is -2.34. The van der Waals surface area contributed by atoms with E-state index >= 15 is 0 Å². The van der Waals surface area contributed by atoms with E-state index in [1.165, 1.54) is 16.9 Å². The summed E-state index contributed by atoms with van der Waals surface area (Å²) in [5.41, 5.74) is 3.16. The molecule has 0 saturated heterocycles. The summed E-state index contributed by atoms with van der Waals surface area (Å²) in [4.78, 5) is 38.5. The summed E-state index contributed by atoms with van der Waals surface area (Å²) >= 11 is 1.31. The molecule has 0 saturated carbocycles. The van der Waals surface area contributed by atoms with E-state index in [2.05, 4.69) is 31.3 Å². The van der Waals surface area contributed by atoms with Crippen molar-refractivity contribution in [1.82, 2.24) is 0 Å². The number of nitrogens with one attached hydrogen (secondary N) is 1. The molecule has 0 spiro atoms. The minimum Gasteiger partial charge on any atom is -0.481 e. The molecule has 0 fully saturated rings. The van der Waals surface area contributed by atoms with Gasteiger partial charge in [-0.05, 0) is 50.2 Å². The Hall–Kier alpha value is -2.93. The van der Waals surface area contributed by atoms with Crippen LogP contribution in [-0.2, 0) is 20.7 Å². The van der Waals surface area contributed by atoms with E-state index < -0.39 is 29.7 Å². The number of carbonyl (C=O) groups excluding carboxylic acids is 2. The number of thiophene rings is 1. The molecule has 1 aromatic heterocycles. The summed E-state index contributed by atoms with van der Waals surface area (Å²) in [7, 11) is 0. The summed E-state index contributed by atoms with van der Waals surface area (Å²) in [6.07, 6.45) is 5.26. The number of anilines is 1. The van der Waals surface area contributed by atoms with Crippen molar-refractivity contribution in [2.75, 3.05) is 11.9 Å². The van der Waals surface area contributed by atoms with Crippen molar-refractivity contribution in [3.05, 3.63) is 52.4 Å². The van der Waals surface area contributed by atoms with Gasteiger partial charge in [-0.2, -0.15) is 0 Å². The molecular weight excluding hydrogens is 438 g/mol. The quantitative estimate of drug-likeness (QED) is 0.382. The highest BCUT2D eigenvalue weighted by Crippen LogP contribution is 2.41. The second-order valence-electron chi connectivity index (χ2n) is 8.74. The van der Waals surface area contributed by atoms with Gasteiger partial charge in [0.2, 0.25) is 5.91 Å². The van der Waals surface area contributed by atoms with Crippen LogP contribution in [0.3, 0.4) is 0 Å². The zero-order valence-electron chi connectivity index (χ0n) is 19.5. The van der Waals surface area contributed by atoms with Crippen molar-refractivity contribution < 1.29 is 24.2 Å². The number of ether oxygens (including phenoxy) is 1. The van der Waals surface area contributed by atoms with Gasteiger partial charge in [0.25, 0.3) is 0 Å². The molecule has 1 aliphatic rings. The van der Waals surface area contributed by atoms with Crippen LogP contribution < -0.4 is 5.32 Å². The van der Waals surface area contributed by atoms with Crippen LogP contribution >= 0.6 is 11.3 Å². The lowest BCUT2D eigenvalue weighted by atomic mass is 9.82. The molecule has 2 N–H and O–H groups in total. The normalized spacial score (nSPS) is 17.7. The van der Waals surface area contributed by atoms with E-state index in [0.29, 0.717) is 29.3 Å². The number of aryl methyl sites for hydroxylation is 1. The predicted octanol–water partition coefficient (Wildman–Crippen LogP) is 5.70. The summed E-state index contributed by atoms with van der Waals surface area (Å²) in [6.45, 7) is 8.19. The van der Waals surface area contributed by atoms with Crippen molar-refractivity contribution in [2.24, 2.45) is 17.8 Å². The molecule has 7 heteroatoms. The van der Waals surface area contributed by atoms with Crippen LogP contribution in [0.15, 0.2) is 36.4 Å². The SMILES string of the molecule is CCOC(=O)c1c(NC(=O)[C@@H]2CC=CC[C@@H]2C(=O)O)sc(C)c1-c1ccc(CC(C)C)cc1. The monoisotopic (exact) mass is 469 g/mol. The molecule has 1 aromatic carbocycles. The Bertz CT molecular complexity index is 1050. The fraction of sp³-hybridized carbons (Fsp3) is 0.423. The van der Waals surface area contributed by atoms with Gasteiger partial charge < -0.3 is 15.2 Å². The number of carboxylic acids is 1. The van der Waals surface area contributed by atoms with Crippen molar-refractivity contribution in [3.63, 3.8) is 0 Å². The summed E-state index contributed by atoms with van der Waals surface area (Å²) < 4.78 is 5.32. The first-order chi connectivity index (χ1) is 15.7. The number of hydrogen-bond acceptors (Lipinski definition) is 5. The highest BCUT2D eigenvalue weighted by Gasteiger charge is 2.35. The molecule has 1 aliphatic carbocycles. The standard InChI is InChI=1S/C26H31NO5S/c1-5-32-26(31)22-21(18-12-10-17(11-13-18)14-15(2)3)16(4)33-24(22)27-23(28)19-8-6-7-9-20(19)25(29)30/h6-7,10-13,15,19-20H,5,8-9,14H2,1-4H3,(H,27,28)(H,29,30)/t19-,20+/m1/s1. The topological polar surface area (TPSA) is 92.7 Å². The molecule has 1 heterocycles. The zero-order valence-corrected chi connectivity index (χ0v) is 20.3. The number of carbonyl (C=O) groups is 3. The third kappa shape index (κ3) is 5.71. The van der Waals surface area contributed by atoms with Crippen molar-refractivity contribution in [3.8, 4) is 11.1 Å².